The normalized spacial score (nSPS) is 17.6. The Kier molecular flexibility index (Phi) is 6.03. The summed E-state index contributed by atoms with van der Waals surface area (Å²) in [5, 5.41) is 11.0. The van der Waals surface area contributed by atoms with Gasteiger partial charge in [-0.2, -0.15) is 0 Å². The van der Waals surface area contributed by atoms with E-state index in [1.807, 2.05) is 13.0 Å². The van der Waals surface area contributed by atoms with E-state index in [1.165, 1.54) is 29.2 Å². The van der Waals surface area contributed by atoms with Gasteiger partial charge < -0.3 is 9.84 Å². The zero-order chi connectivity index (χ0) is 22.7. The zero-order valence-corrected chi connectivity index (χ0v) is 17.5. The van der Waals surface area contributed by atoms with Crippen molar-refractivity contribution in [2.45, 2.75) is 19.4 Å². The molecule has 0 saturated carbocycles. The highest BCUT2D eigenvalue weighted by Crippen LogP contribution is 2.42. The van der Waals surface area contributed by atoms with Crippen molar-refractivity contribution in [1.82, 2.24) is 0 Å². The van der Waals surface area contributed by atoms with E-state index in [-0.39, 0.29) is 16.9 Å². The lowest BCUT2D eigenvalue weighted by atomic mass is 9.95. The minimum absolute atomic E-state index is 0.0484. The number of hydrogen-bond donors (Lipinski definition) is 1. The summed E-state index contributed by atoms with van der Waals surface area (Å²) in [4.78, 5) is 27.5. The van der Waals surface area contributed by atoms with Crippen molar-refractivity contribution in [3.05, 3.63) is 101 Å². The Morgan fingerprint density at radius 2 is 1.62 bits per heavy atom. The van der Waals surface area contributed by atoms with Crippen LogP contribution in [-0.4, -0.2) is 23.4 Å². The molecule has 32 heavy (non-hydrogen) atoms. The number of aliphatic hydroxyl groups is 1. The zero-order valence-electron chi connectivity index (χ0n) is 17.5. The first-order valence-electron chi connectivity index (χ1n) is 10.4. The van der Waals surface area contributed by atoms with E-state index < -0.39 is 23.5 Å². The molecule has 1 saturated heterocycles. The summed E-state index contributed by atoms with van der Waals surface area (Å²) in [7, 11) is 0. The number of carbonyl (C=O) groups is 2. The van der Waals surface area contributed by atoms with Gasteiger partial charge in [0.05, 0.1) is 18.2 Å². The summed E-state index contributed by atoms with van der Waals surface area (Å²) >= 11 is 0. The second-order valence-corrected chi connectivity index (χ2v) is 7.43. The molecular weight excluding hydrogens is 409 g/mol. The van der Waals surface area contributed by atoms with Crippen LogP contribution in [0.25, 0.3) is 5.76 Å². The number of ketones is 1. The molecule has 0 aromatic heterocycles. The number of benzene rings is 3. The molecule has 1 heterocycles. The third-order valence-corrected chi connectivity index (χ3v) is 5.27. The van der Waals surface area contributed by atoms with Gasteiger partial charge in [0.25, 0.3) is 11.7 Å². The number of halogens is 1. The van der Waals surface area contributed by atoms with Crippen molar-refractivity contribution >= 4 is 23.1 Å². The molecule has 1 N–H and O–H groups in total. The molecule has 0 spiro atoms. The first kappa shape index (κ1) is 21.3. The standard InChI is InChI=1S/C26H22FNO4/c1-2-16-32-21-14-10-17(11-15-21)23-22(24(29)18-8-12-19(27)13-9-18)25(30)26(31)28(23)20-6-4-3-5-7-20/h3-15,23,29H,2,16H2,1H3/b24-22-. The van der Waals surface area contributed by atoms with Crippen molar-refractivity contribution in [1.29, 1.82) is 0 Å². The fourth-order valence-corrected chi connectivity index (χ4v) is 3.73. The summed E-state index contributed by atoms with van der Waals surface area (Å²) in [5.74, 6) is -1.68. The van der Waals surface area contributed by atoms with Crippen molar-refractivity contribution < 1.29 is 23.8 Å². The predicted molar refractivity (Wildman–Crippen MR) is 120 cm³/mol. The Morgan fingerprint density at radius 3 is 2.25 bits per heavy atom. The average Bonchev–Trinajstić information content (AvgIpc) is 3.09. The molecule has 1 atom stereocenters. The lowest BCUT2D eigenvalue weighted by molar-refractivity contribution is -0.132. The summed E-state index contributed by atoms with van der Waals surface area (Å²) in [6, 6.07) is 20.2. The molecule has 162 valence electrons. The Morgan fingerprint density at radius 1 is 0.969 bits per heavy atom. The molecule has 1 unspecified atom stereocenters. The van der Waals surface area contributed by atoms with E-state index in [4.69, 9.17) is 4.74 Å². The summed E-state index contributed by atoms with van der Waals surface area (Å²) in [5.41, 5.74) is 1.38. The highest BCUT2D eigenvalue weighted by molar-refractivity contribution is 6.51. The smallest absolute Gasteiger partial charge is 0.300 e. The summed E-state index contributed by atoms with van der Waals surface area (Å²) < 4.78 is 19.0. The molecule has 1 aliphatic rings. The SMILES string of the molecule is CCCOc1ccc(C2/C(=C(/O)c3ccc(F)cc3)C(=O)C(=O)N2c2ccccc2)cc1. The molecule has 3 aromatic carbocycles. The third kappa shape index (κ3) is 3.99. The molecule has 1 amide bonds. The fourth-order valence-electron chi connectivity index (χ4n) is 3.73. The van der Waals surface area contributed by atoms with Gasteiger partial charge in [0.1, 0.15) is 17.3 Å². The van der Waals surface area contributed by atoms with E-state index in [2.05, 4.69) is 0 Å². The molecule has 0 aliphatic carbocycles. The van der Waals surface area contributed by atoms with Gasteiger partial charge in [-0.1, -0.05) is 37.3 Å². The monoisotopic (exact) mass is 431 g/mol. The number of amides is 1. The van der Waals surface area contributed by atoms with Gasteiger partial charge in [-0.25, -0.2) is 4.39 Å². The molecular formula is C26H22FNO4. The lowest BCUT2D eigenvalue weighted by Gasteiger charge is -2.25. The van der Waals surface area contributed by atoms with Gasteiger partial charge >= 0.3 is 0 Å². The quantitative estimate of drug-likeness (QED) is 0.329. The van der Waals surface area contributed by atoms with Crippen molar-refractivity contribution in [3.63, 3.8) is 0 Å². The van der Waals surface area contributed by atoms with Gasteiger partial charge in [0.2, 0.25) is 0 Å². The average molecular weight is 431 g/mol. The van der Waals surface area contributed by atoms with E-state index in [0.717, 1.165) is 6.42 Å². The van der Waals surface area contributed by atoms with E-state index in [9.17, 15) is 19.1 Å². The van der Waals surface area contributed by atoms with Gasteiger partial charge in [0.15, 0.2) is 0 Å². The van der Waals surface area contributed by atoms with Crippen molar-refractivity contribution in [2.75, 3.05) is 11.5 Å². The number of hydrogen-bond acceptors (Lipinski definition) is 4. The van der Waals surface area contributed by atoms with Crippen LogP contribution in [0, 0.1) is 5.82 Å². The minimum atomic E-state index is -0.845. The second kappa shape index (κ2) is 9.06. The van der Waals surface area contributed by atoms with E-state index in [0.29, 0.717) is 23.6 Å². The van der Waals surface area contributed by atoms with Crippen LogP contribution in [0.4, 0.5) is 10.1 Å². The van der Waals surface area contributed by atoms with Crippen LogP contribution in [0.3, 0.4) is 0 Å². The number of carbonyl (C=O) groups excluding carboxylic acids is 2. The number of anilines is 1. The van der Waals surface area contributed by atoms with Crippen LogP contribution >= 0.6 is 0 Å². The van der Waals surface area contributed by atoms with Crippen molar-refractivity contribution in [2.24, 2.45) is 0 Å². The highest BCUT2D eigenvalue weighted by Gasteiger charge is 2.46. The molecule has 6 heteroatoms. The number of Topliss-reactive ketones (excluding diaryl/α,β-unsaturated/α-hetero) is 1. The number of nitrogens with zero attached hydrogens (tertiary/aromatic N) is 1. The van der Waals surface area contributed by atoms with Crippen LogP contribution in [0.15, 0.2) is 84.4 Å². The van der Waals surface area contributed by atoms with Crippen molar-refractivity contribution in [3.8, 4) is 5.75 Å². The molecule has 0 radical (unpaired) electrons. The molecule has 1 fully saturated rings. The Labute approximate surface area is 185 Å². The lowest BCUT2D eigenvalue weighted by Crippen LogP contribution is -2.29. The molecule has 5 nitrogen and oxygen atoms in total. The highest BCUT2D eigenvalue weighted by atomic mass is 19.1. The molecule has 3 aromatic rings. The molecule has 0 bridgehead atoms. The largest absolute Gasteiger partial charge is 0.507 e. The van der Waals surface area contributed by atoms with E-state index in [1.54, 1.807) is 48.5 Å². The maximum absolute atomic E-state index is 13.4. The topological polar surface area (TPSA) is 66.8 Å². The summed E-state index contributed by atoms with van der Waals surface area (Å²) in [6.07, 6.45) is 0.869. The van der Waals surface area contributed by atoms with Crippen LogP contribution in [0.2, 0.25) is 0 Å². The van der Waals surface area contributed by atoms with Crippen LogP contribution in [0.1, 0.15) is 30.5 Å². The van der Waals surface area contributed by atoms with Gasteiger partial charge in [0, 0.05) is 11.3 Å². The Bertz CT molecular complexity index is 1150. The maximum Gasteiger partial charge on any atom is 0.300 e. The number of rotatable bonds is 6. The van der Waals surface area contributed by atoms with Gasteiger partial charge in [-0.15, -0.1) is 0 Å². The first-order chi connectivity index (χ1) is 15.5. The van der Waals surface area contributed by atoms with Crippen LogP contribution < -0.4 is 9.64 Å². The fraction of sp³-hybridized carbons (Fsp3) is 0.154. The van der Waals surface area contributed by atoms with Gasteiger partial charge in [-0.3, -0.25) is 14.5 Å². The number of aliphatic hydroxyl groups excluding tert-OH is 1. The Balaban J connectivity index is 1.85. The number of para-hydroxylation sites is 1. The van der Waals surface area contributed by atoms with Crippen LogP contribution in [0.5, 0.6) is 5.75 Å². The Hall–Kier alpha value is -3.93. The maximum atomic E-state index is 13.4. The van der Waals surface area contributed by atoms with Crippen LogP contribution in [-0.2, 0) is 9.59 Å². The number of ether oxygens (including phenoxy) is 1. The first-order valence-corrected chi connectivity index (χ1v) is 10.4. The van der Waals surface area contributed by atoms with E-state index >= 15 is 0 Å². The molecule has 4 rings (SSSR count). The molecule has 1 aliphatic heterocycles. The van der Waals surface area contributed by atoms with Gasteiger partial charge in [-0.05, 0) is 60.5 Å². The predicted octanol–water partition coefficient (Wildman–Crippen LogP) is 5.24. The minimum Gasteiger partial charge on any atom is -0.507 e. The second-order valence-electron chi connectivity index (χ2n) is 7.43. The summed E-state index contributed by atoms with van der Waals surface area (Å²) in [6.45, 7) is 2.59. The third-order valence-electron chi connectivity index (χ3n) is 5.27.